The van der Waals surface area contributed by atoms with Crippen LogP contribution in [0.5, 0.6) is 0 Å². The van der Waals surface area contributed by atoms with E-state index in [1.165, 1.54) is 44.1 Å². The van der Waals surface area contributed by atoms with Crippen molar-refractivity contribution in [1.29, 1.82) is 0 Å². The number of rotatable bonds is 4. The van der Waals surface area contributed by atoms with Crippen molar-refractivity contribution < 1.29 is 14.4 Å². The van der Waals surface area contributed by atoms with Gasteiger partial charge in [-0.2, -0.15) is 0 Å². The lowest BCUT2D eigenvalue weighted by molar-refractivity contribution is -0.136. The lowest BCUT2D eigenvalue weighted by Crippen LogP contribution is -2.56. The van der Waals surface area contributed by atoms with E-state index in [0.29, 0.717) is 30.1 Å². The highest BCUT2D eigenvalue weighted by Gasteiger charge is 2.39. The fourth-order valence-electron chi connectivity index (χ4n) is 5.94. The molecule has 3 aliphatic heterocycles. The van der Waals surface area contributed by atoms with Crippen LogP contribution >= 0.6 is 0 Å². The van der Waals surface area contributed by atoms with E-state index in [1.54, 1.807) is 4.90 Å². The van der Waals surface area contributed by atoms with E-state index in [2.05, 4.69) is 22.0 Å². The minimum atomic E-state index is -0.555. The lowest BCUT2D eigenvalue weighted by Gasteiger charge is -2.45. The SMILES string of the molecule is O=C1CCC(N2Cc3cc(CNC4CCNC5(CCCCC5)C4)ccc3C2=O)C(=O)N1. The Balaban J connectivity index is 1.21. The third-order valence-corrected chi connectivity index (χ3v) is 7.62. The lowest BCUT2D eigenvalue weighted by atomic mass is 9.75. The van der Waals surface area contributed by atoms with Gasteiger partial charge < -0.3 is 15.5 Å². The number of benzene rings is 1. The molecule has 2 atom stereocenters. The van der Waals surface area contributed by atoms with Gasteiger partial charge in [-0.1, -0.05) is 31.4 Å². The molecule has 3 amide bonds. The van der Waals surface area contributed by atoms with Crippen molar-refractivity contribution in [2.24, 2.45) is 0 Å². The van der Waals surface area contributed by atoms with Crippen LogP contribution in [-0.2, 0) is 22.7 Å². The van der Waals surface area contributed by atoms with Crippen LogP contribution in [0.3, 0.4) is 0 Å². The van der Waals surface area contributed by atoms with E-state index in [1.807, 2.05) is 12.1 Å². The maximum Gasteiger partial charge on any atom is 0.255 e. The van der Waals surface area contributed by atoms with Crippen molar-refractivity contribution in [3.8, 4) is 0 Å². The molecule has 5 rings (SSSR count). The molecule has 1 spiro atoms. The summed E-state index contributed by atoms with van der Waals surface area (Å²) in [6.07, 6.45) is 9.65. The van der Waals surface area contributed by atoms with Gasteiger partial charge in [0.25, 0.3) is 5.91 Å². The molecule has 3 fully saturated rings. The predicted molar refractivity (Wildman–Crippen MR) is 116 cm³/mol. The Hall–Kier alpha value is -2.25. The highest BCUT2D eigenvalue weighted by Crippen LogP contribution is 2.35. The molecule has 166 valence electrons. The topological polar surface area (TPSA) is 90.5 Å². The Morgan fingerprint density at radius 3 is 2.74 bits per heavy atom. The summed E-state index contributed by atoms with van der Waals surface area (Å²) >= 11 is 0. The van der Waals surface area contributed by atoms with Crippen LogP contribution in [0.2, 0.25) is 0 Å². The summed E-state index contributed by atoms with van der Waals surface area (Å²) in [5.41, 5.74) is 3.16. The Kier molecular flexibility index (Phi) is 5.56. The van der Waals surface area contributed by atoms with Crippen LogP contribution in [-0.4, -0.2) is 46.8 Å². The first kappa shape index (κ1) is 20.6. The van der Waals surface area contributed by atoms with Gasteiger partial charge in [0.2, 0.25) is 11.8 Å². The van der Waals surface area contributed by atoms with Crippen LogP contribution in [0, 0.1) is 0 Å². The molecule has 1 aromatic carbocycles. The maximum absolute atomic E-state index is 12.8. The van der Waals surface area contributed by atoms with Crippen molar-refractivity contribution in [3.63, 3.8) is 0 Å². The normalized spacial score (nSPS) is 28.0. The molecule has 0 aromatic heterocycles. The molecule has 31 heavy (non-hydrogen) atoms. The number of carbonyl (C=O) groups excluding carboxylic acids is 3. The molecular formula is C24H32N4O3. The summed E-state index contributed by atoms with van der Waals surface area (Å²) in [4.78, 5) is 38.1. The zero-order valence-electron chi connectivity index (χ0n) is 18.0. The molecule has 0 radical (unpaired) electrons. The molecule has 7 heteroatoms. The Bertz CT molecular complexity index is 887. The molecule has 0 bridgehead atoms. The van der Waals surface area contributed by atoms with E-state index in [9.17, 15) is 14.4 Å². The van der Waals surface area contributed by atoms with E-state index in [-0.39, 0.29) is 24.1 Å². The zero-order valence-corrected chi connectivity index (χ0v) is 18.0. The minimum Gasteiger partial charge on any atom is -0.322 e. The Morgan fingerprint density at radius 2 is 1.94 bits per heavy atom. The number of amides is 3. The smallest absolute Gasteiger partial charge is 0.255 e. The number of hydrogen-bond donors (Lipinski definition) is 3. The van der Waals surface area contributed by atoms with Gasteiger partial charge >= 0.3 is 0 Å². The molecule has 7 nitrogen and oxygen atoms in total. The maximum atomic E-state index is 12.8. The third-order valence-electron chi connectivity index (χ3n) is 7.62. The van der Waals surface area contributed by atoms with E-state index >= 15 is 0 Å². The predicted octanol–water partition coefficient (Wildman–Crippen LogP) is 1.99. The number of nitrogens with zero attached hydrogens (tertiary/aromatic N) is 1. The molecule has 1 aliphatic carbocycles. The minimum absolute atomic E-state index is 0.110. The molecule has 1 aromatic rings. The van der Waals surface area contributed by atoms with Crippen LogP contribution in [0.15, 0.2) is 18.2 Å². The monoisotopic (exact) mass is 424 g/mol. The fourth-order valence-corrected chi connectivity index (χ4v) is 5.94. The summed E-state index contributed by atoms with van der Waals surface area (Å²) < 4.78 is 0. The number of imide groups is 1. The molecule has 2 saturated heterocycles. The molecule has 3 heterocycles. The van der Waals surface area contributed by atoms with Gasteiger partial charge in [0.15, 0.2) is 0 Å². The van der Waals surface area contributed by atoms with Gasteiger partial charge in [0, 0.05) is 36.7 Å². The van der Waals surface area contributed by atoms with Gasteiger partial charge in [0.05, 0.1) is 0 Å². The molecule has 4 aliphatic rings. The number of nitrogens with one attached hydrogen (secondary N) is 3. The van der Waals surface area contributed by atoms with Crippen molar-refractivity contribution >= 4 is 17.7 Å². The van der Waals surface area contributed by atoms with E-state index in [0.717, 1.165) is 25.1 Å². The summed E-state index contributed by atoms with van der Waals surface area (Å²) in [6, 6.07) is 5.99. The second kappa shape index (κ2) is 8.36. The second-order valence-corrected chi connectivity index (χ2v) is 9.73. The van der Waals surface area contributed by atoms with Gasteiger partial charge in [-0.15, -0.1) is 0 Å². The fraction of sp³-hybridized carbons (Fsp3) is 0.625. The highest BCUT2D eigenvalue weighted by atomic mass is 16.2. The Morgan fingerprint density at radius 1 is 1.10 bits per heavy atom. The highest BCUT2D eigenvalue weighted by molar-refractivity contribution is 6.05. The standard InChI is InChI=1S/C24H32N4O3/c29-21-7-6-20(22(30)27-21)28-15-17-12-16(4-5-19(17)23(28)31)14-25-18-8-11-26-24(13-18)9-2-1-3-10-24/h4-5,12,18,20,25-26H,1-3,6-11,13-15H2,(H,27,29,30). The van der Waals surface area contributed by atoms with Crippen LogP contribution < -0.4 is 16.0 Å². The zero-order chi connectivity index (χ0) is 21.4. The number of fused-ring (bicyclic) bond motifs is 1. The first-order valence-corrected chi connectivity index (χ1v) is 11.8. The number of hydrogen-bond acceptors (Lipinski definition) is 5. The summed E-state index contributed by atoms with van der Waals surface area (Å²) in [6.45, 7) is 2.31. The summed E-state index contributed by atoms with van der Waals surface area (Å²) in [7, 11) is 0. The average molecular weight is 425 g/mol. The van der Waals surface area contributed by atoms with Gasteiger partial charge in [-0.05, 0) is 55.8 Å². The van der Waals surface area contributed by atoms with Gasteiger partial charge in [0.1, 0.15) is 6.04 Å². The summed E-state index contributed by atoms with van der Waals surface area (Å²) in [5.74, 6) is -0.727. The summed E-state index contributed by atoms with van der Waals surface area (Å²) in [5, 5.41) is 9.92. The largest absolute Gasteiger partial charge is 0.322 e. The third kappa shape index (κ3) is 4.13. The molecule has 3 N–H and O–H groups in total. The first-order valence-electron chi connectivity index (χ1n) is 11.8. The molecule has 1 saturated carbocycles. The van der Waals surface area contributed by atoms with Crippen molar-refractivity contribution in [3.05, 3.63) is 34.9 Å². The van der Waals surface area contributed by atoms with Gasteiger partial charge in [-0.25, -0.2) is 0 Å². The molecule has 2 unspecified atom stereocenters. The number of piperidine rings is 2. The Labute approximate surface area is 183 Å². The first-order chi connectivity index (χ1) is 15.0. The van der Waals surface area contributed by atoms with Crippen molar-refractivity contribution in [1.82, 2.24) is 20.9 Å². The van der Waals surface area contributed by atoms with E-state index in [4.69, 9.17) is 0 Å². The van der Waals surface area contributed by atoms with Gasteiger partial charge in [-0.3, -0.25) is 19.7 Å². The second-order valence-electron chi connectivity index (χ2n) is 9.73. The van der Waals surface area contributed by atoms with Crippen LogP contribution in [0.25, 0.3) is 0 Å². The average Bonchev–Trinajstić information content (AvgIpc) is 3.08. The number of carbonyl (C=O) groups is 3. The van der Waals surface area contributed by atoms with E-state index < -0.39 is 6.04 Å². The van der Waals surface area contributed by atoms with Crippen molar-refractivity contribution in [2.75, 3.05) is 6.54 Å². The molecular weight excluding hydrogens is 392 g/mol. The van der Waals surface area contributed by atoms with Crippen LogP contribution in [0.1, 0.15) is 79.3 Å². The van der Waals surface area contributed by atoms with Crippen molar-refractivity contribution in [2.45, 2.75) is 88.5 Å². The quantitative estimate of drug-likeness (QED) is 0.643. The van der Waals surface area contributed by atoms with Crippen LogP contribution in [0.4, 0.5) is 0 Å².